The van der Waals surface area contributed by atoms with Crippen LogP contribution in [0.5, 0.6) is 0 Å². The fourth-order valence-electron chi connectivity index (χ4n) is 5.09. The van der Waals surface area contributed by atoms with Gasteiger partial charge in [0.1, 0.15) is 12.6 Å². The molecule has 7 nitrogen and oxygen atoms in total. The van der Waals surface area contributed by atoms with Crippen LogP contribution in [-0.4, -0.2) is 43.3 Å². The number of carbonyl (C=O) groups excluding carboxylic acids is 2. The summed E-state index contributed by atoms with van der Waals surface area (Å²) < 4.78 is 30.5. The molecule has 46 heavy (non-hydrogen) atoms. The fraction of sp³-hybridized carbons (Fsp3) is 0.278. The Labute approximate surface area is 285 Å². The maximum absolute atomic E-state index is 14.6. The van der Waals surface area contributed by atoms with Gasteiger partial charge in [-0.2, -0.15) is 0 Å². The molecule has 4 aromatic carbocycles. The molecule has 0 bridgehead atoms. The van der Waals surface area contributed by atoms with Crippen LogP contribution >= 0.6 is 27.5 Å². The van der Waals surface area contributed by atoms with Gasteiger partial charge in [0.2, 0.25) is 11.8 Å². The van der Waals surface area contributed by atoms with Crippen LogP contribution in [0.4, 0.5) is 5.69 Å². The van der Waals surface area contributed by atoms with E-state index in [2.05, 4.69) is 21.2 Å². The van der Waals surface area contributed by atoms with Gasteiger partial charge < -0.3 is 10.2 Å². The van der Waals surface area contributed by atoms with Gasteiger partial charge >= 0.3 is 0 Å². The highest BCUT2D eigenvalue weighted by Crippen LogP contribution is 2.30. The lowest BCUT2D eigenvalue weighted by Crippen LogP contribution is -2.56. The van der Waals surface area contributed by atoms with E-state index >= 15 is 0 Å². The predicted octanol–water partition coefficient (Wildman–Crippen LogP) is 7.47. The van der Waals surface area contributed by atoms with Gasteiger partial charge in [-0.3, -0.25) is 13.9 Å². The van der Waals surface area contributed by atoms with Crippen molar-refractivity contribution in [2.45, 2.75) is 64.1 Å². The van der Waals surface area contributed by atoms with E-state index in [9.17, 15) is 18.0 Å². The van der Waals surface area contributed by atoms with E-state index in [4.69, 9.17) is 11.6 Å². The van der Waals surface area contributed by atoms with E-state index < -0.39 is 34.1 Å². The second-order valence-corrected chi connectivity index (χ2v) is 15.6. The van der Waals surface area contributed by atoms with Gasteiger partial charge in [0, 0.05) is 28.0 Å². The molecule has 0 aliphatic heterocycles. The molecule has 242 valence electrons. The zero-order valence-electron chi connectivity index (χ0n) is 26.6. The molecule has 1 unspecified atom stereocenters. The topological polar surface area (TPSA) is 86.8 Å². The molecule has 0 saturated carbocycles. The van der Waals surface area contributed by atoms with Crippen molar-refractivity contribution in [1.29, 1.82) is 0 Å². The van der Waals surface area contributed by atoms with Gasteiger partial charge in [-0.1, -0.05) is 87.7 Å². The van der Waals surface area contributed by atoms with Crippen LogP contribution in [0, 0.1) is 13.8 Å². The van der Waals surface area contributed by atoms with Gasteiger partial charge in [-0.25, -0.2) is 8.42 Å². The Morgan fingerprint density at radius 3 is 2.13 bits per heavy atom. The monoisotopic (exact) mass is 723 g/mol. The SMILES string of the molecule is Cc1ccc(S(=O)(=O)N(CC(=O)N(Cc2cccc(Br)c2)C(Cc2ccccc2)C(=O)NC(C)(C)C)c2ccc(Cl)cc2C)cc1. The first-order valence-corrected chi connectivity index (χ1v) is 17.5. The molecule has 0 aromatic heterocycles. The highest BCUT2D eigenvalue weighted by molar-refractivity contribution is 9.10. The Bertz CT molecular complexity index is 1790. The van der Waals surface area contributed by atoms with E-state index in [1.165, 1.54) is 17.0 Å². The summed E-state index contributed by atoms with van der Waals surface area (Å²) in [5.41, 5.74) is 2.87. The van der Waals surface area contributed by atoms with Crippen LogP contribution < -0.4 is 9.62 Å². The van der Waals surface area contributed by atoms with E-state index in [1.54, 1.807) is 37.3 Å². The number of sulfonamides is 1. The van der Waals surface area contributed by atoms with E-state index in [1.807, 2.05) is 82.3 Å². The first-order valence-electron chi connectivity index (χ1n) is 14.9. The van der Waals surface area contributed by atoms with Gasteiger partial charge in [0.05, 0.1) is 10.6 Å². The number of nitrogens with zero attached hydrogens (tertiary/aromatic N) is 2. The maximum atomic E-state index is 14.6. The zero-order chi connectivity index (χ0) is 33.6. The number of aryl methyl sites for hydroxylation is 2. The van der Waals surface area contributed by atoms with Crippen LogP contribution in [0.15, 0.2) is 106 Å². The molecule has 0 saturated heterocycles. The average Bonchev–Trinajstić information content (AvgIpc) is 2.98. The minimum Gasteiger partial charge on any atom is -0.350 e. The number of amides is 2. The van der Waals surface area contributed by atoms with Crippen molar-refractivity contribution in [2.24, 2.45) is 0 Å². The molecule has 2 amide bonds. The second kappa shape index (κ2) is 14.8. The number of hydrogen-bond acceptors (Lipinski definition) is 4. The van der Waals surface area contributed by atoms with Crippen molar-refractivity contribution in [3.63, 3.8) is 0 Å². The Morgan fingerprint density at radius 1 is 0.870 bits per heavy atom. The summed E-state index contributed by atoms with van der Waals surface area (Å²) in [5, 5.41) is 3.49. The van der Waals surface area contributed by atoms with Gasteiger partial charge in [-0.15, -0.1) is 0 Å². The number of anilines is 1. The maximum Gasteiger partial charge on any atom is 0.264 e. The summed E-state index contributed by atoms with van der Waals surface area (Å²) in [6, 6.07) is 27.4. The largest absolute Gasteiger partial charge is 0.350 e. The lowest BCUT2D eigenvalue weighted by atomic mass is 10.0. The smallest absolute Gasteiger partial charge is 0.264 e. The third kappa shape index (κ3) is 9.21. The summed E-state index contributed by atoms with van der Waals surface area (Å²) in [6.45, 7) is 8.79. The molecule has 0 radical (unpaired) electrons. The third-order valence-electron chi connectivity index (χ3n) is 7.33. The Morgan fingerprint density at radius 2 is 1.52 bits per heavy atom. The zero-order valence-corrected chi connectivity index (χ0v) is 29.8. The highest BCUT2D eigenvalue weighted by atomic mass is 79.9. The lowest BCUT2D eigenvalue weighted by molar-refractivity contribution is -0.140. The minimum atomic E-state index is -4.21. The fourth-order valence-corrected chi connectivity index (χ4v) is 7.24. The molecule has 0 aliphatic carbocycles. The molecule has 0 spiro atoms. The number of benzene rings is 4. The lowest BCUT2D eigenvalue weighted by Gasteiger charge is -2.35. The van der Waals surface area contributed by atoms with Gasteiger partial charge in [0.15, 0.2) is 0 Å². The molecular formula is C36H39BrClN3O4S. The van der Waals surface area contributed by atoms with Crippen molar-refractivity contribution in [2.75, 3.05) is 10.8 Å². The van der Waals surface area contributed by atoms with E-state index in [0.717, 1.165) is 25.5 Å². The molecule has 4 rings (SSSR count). The Hall–Kier alpha value is -3.66. The average molecular weight is 725 g/mol. The van der Waals surface area contributed by atoms with E-state index in [-0.39, 0.29) is 23.8 Å². The minimum absolute atomic E-state index is 0.0464. The quantitative estimate of drug-likeness (QED) is 0.174. The highest BCUT2D eigenvalue weighted by Gasteiger charge is 2.36. The first-order chi connectivity index (χ1) is 21.6. The Balaban J connectivity index is 1.84. The molecule has 0 aliphatic rings. The first kappa shape index (κ1) is 35.2. The van der Waals surface area contributed by atoms with Crippen LogP contribution in [0.2, 0.25) is 5.02 Å². The van der Waals surface area contributed by atoms with Crippen molar-refractivity contribution in [3.05, 3.63) is 129 Å². The van der Waals surface area contributed by atoms with E-state index in [0.29, 0.717) is 16.3 Å². The number of rotatable bonds is 11. The summed E-state index contributed by atoms with van der Waals surface area (Å²) in [7, 11) is -4.21. The van der Waals surface area contributed by atoms with Crippen LogP contribution in [-0.2, 0) is 32.6 Å². The molecule has 0 heterocycles. The van der Waals surface area contributed by atoms with Crippen molar-refractivity contribution < 1.29 is 18.0 Å². The molecule has 1 N–H and O–H groups in total. The van der Waals surface area contributed by atoms with Crippen LogP contribution in [0.3, 0.4) is 0 Å². The summed E-state index contributed by atoms with van der Waals surface area (Å²) in [5.74, 6) is -0.870. The third-order valence-corrected chi connectivity index (χ3v) is 9.83. The number of nitrogens with one attached hydrogen (secondary N) is 1. The molecule has 0 fully saturated rings. The van der Waals surface area contributed by atoms with Crippen LogP contribution in [0.25, 0.3) is 0 Å². The van der Waals surface area contributed by atoms with Gasteiger partial charge in [0.25, 0.3) is 10.0 Å². The molecule has 10 heteroatoms. The molecule has 1 atom stereocenters. The molecule has 4 aromatic rings. The Kier molecular flexibility index (Phi) is 11.4. The summed E-state index contributed by atoms with van der Waals surface area (Å²) in [6.07, 6.45) is 0.229. The second-order valence-electron chi connectivity index (χ2n) is 12.4. The summed E-state index contributed by atoms with van der Waals surface area (Å²) in [4.78, 5) is 30.2. The standard InChI is InChI=1S/C36H39BrClN3O4S/c1-25-14-17-31(18-15-25)46(44,45)41(32-19-16-30(38)20-26(32)2)24-34(42)40(23-28-12-9-13-29(37)21-28)33(35(43)39-36(3,4)5)22-27-10-7-6-8-11-27/h6-21,33H,22-24H2,1-5H3,(H,39,43). The van der Waals surface area contributed by atoms with Crippen molar-refractivity contribution >= 4 is 55.1 Å². The number of hydrogen-bond donors (Lipinski definition) is 1. The van der Waals surface area contributed by atoms with Crippen molar-refractivity contribution in [1.82, 2.24) is 10.2 Å². The summed E-state index contributed by atoms with van der Waals surface area (Å²) >= 11 is 9.75. The van der Waals surface area contributed by atoms with Crippen molar-refractivity contribution in [3.8, 4) is 0 Å². The number of halogens is 2. The normalized spacial score (nSPS) is 12.3. The predicted molar refractivity (Wildman–Crippen MR) is 188 cm³/mol. The van der Waals surface area contributed by atoms with Gasteiger partial charge in [-0.05, 0) is 93.8 Å². The number of carbonyl (C=O) groups is 2. The molecular weight excluding hydrogens is 686 g/mol. The van der Waals surface area contributed by atoms with Crippen LogP contribution in [0.1, 0.15) is 43.0 Å².